The molecule has 0 spiro atoms. The Morgan fingerprint density at radius 2 is 1.83 bits per heavy atom. The third kappa shape index (κ3) is 12.5. The van der Waals surface area contributed by atoms with Crippen molar-refractivity contribution in [1.29, 1.82) is 0 Å². The van der Waals surface area contributed by atoms with Crippen molar-refractivity contribution < 1.29 is 71.4 Å². The Morgan fingerprint density at radius 3 is 2.54 bits per heavy atom. The van der Waals surface area contributed by atoms with Gasteiger partial charge >= 0.3 is 33.6 Å². The van der Waals surface area contributed by atoms with Crippen molar-refractivity contribution in [2.45, 2.75) is 87.7 Å². The summed E-state index contributed by atoms with van der Waals surface area (Å²) in [5.41, 5.74) is 26.6. The topological polar surface area (TPSA) is 422 Å². The van der Waals surface area contributed by atoms with Gasteiger partial charge < -0.3 is 46.1 Å². The van der Waals surface area contributed by atoms with Gasteiger partial charge in [-0.3, -0.25) is 27.8 Å². The van der Waals surface area contributed by atoms with Crippen molar-refractivity contribution in [2.75, 3.05) is 24.7 Å². The van der Waals surface area contributed by atoms with Crippen molar-refractivity contribution in [3.63, 3.8) is 0 Å². The molecule has 2 aliphatic heterocycles. The van der Waals surface area contributed by atoms with Crippen LogP contribution in [0.15, 0.2) is 59.1 Å². The molecule has 30 heteroatoms. The van der Waals surface area contributed by atoms with E-state index in [1.165, 1.54) is 23.2 Å². The summed E-state index contributed by atoms with van der Waals surface area (Å²) in [5, 5.41) is 15.0. The summed E-state index contributed by atoms with van der Waals surface area (Å²) < 4.78 is 53.6. The van der Waals surface area contributed by atoms with Gasteiger partial charge in [0.05, 0.1) is 12.9 Å². The predicted molar refractivity (Wildman–Crippen MR) is 213 cm³/mol. The summed E-state index contributed by atoms with van der Waals surface area (Å²) in [6.45, 7) is -1.67. The van der Waals surface area contributed by atoms with Gasteiger partial charge in [0.2, 0.25) is 0 Å². The van der Waals surface area contributed by atoms with E-state index in [2.05, 4.69) is 34.5 Å². The Bertz CT molecular complexity index is 2400. The number of aromatic nitrogens is 6. The molecule has 340 valence electrons. The quantitative estimate of drug-likeness (QED) is 0.0149. The smallest absolute Gasteiger partial charge is 0.461 e. The fraction of sp³-hybridized carbons (Fsp3) is 0.485. The maximum atomic E-state index is 13.4. The molecular weight excluding hydrogens is 882 g/mol. The van der Waals surface area contributed by atoms with Crippen LogP contribution in [0.1, 0.15) is 50.1 Å². The highest BCUT2D eigenvalue weighted by Gasteiger charge is 2.50. The van der Waals surface area contributed by atoms with Crippen molar-refractivity contribution in [2.24, 2.45) is 10.8 Å². The molecule has 4 aromatic rings. The molecule has 1 aromatic carbocycles. The van der Waals surface area contributed by atoms with Crippen LogP contribution in [0, 0.1) is 0 Å². The van der Waals surface area contributed by atoms with Crippen LogP contribution in [0.25, 0.3) is 21.6 Å². The van der Waals surface area contributed by atoms with Crippen LogP contribution < -0.4 is 22.9 Å². The van der Waals surface area contributed by atoms with E-state index in [9.17, 15) is 43.6 Å². The first-order chi connectivity index (χ1) is 29.9. The van der Waals surface area contributed by atoms with E-state index in [1.807, 2.05) is 0 Å². The number of esters is 2. The third-order valence-corrected chi connectivity index (χ3v) is 11.1. The number of imidazole rings is 1. The molecule has 28 nitrogen and oxygen atoms in total. The number of rotatable bonds is 20. The summed E-state index contributed by atoms with van der Waals surface area (Å²) >= 11 is 0. The van der Waals surface area contributed by atoms with Crippen molar-refractivity contribution in [1.82, 2.24) is 29.1 Å². The molecule has 2 aliphatic rings. The molecule has 2 fully saturated rings. The fourth-order valence-corrected chi connectivity index (χ4v) is 7.83. The van der Waals surface area contributed by atoms with Crippen LogP contribution in [-0.4, -0.2) is 115 Å². The summed E-state index contributed by atoms with van der Waals surface area (Å²) in [7, 11) is -10.0. The normalized spacial score (nSPS) is 23.8. The Morgan fingerprint density at radius 1 is 1.06 bits per heavy atom. The van der Waals surface area contributed by atoms with Gasteiger partial charge in [0.25, 0.3) is 0 Å². The Balaban J connectivity index is 1.09. The Labute approximate surface area is 355 Å². The summed E-state index contributed by atoms with van der Waals surface area (Å²) in [6.07, 6.45) is -6.30. The van der Waals surface area contributed by atoms with Crippen LogP contribution in [0.3, 0.4) is 0 Å². The zero-order valence-electron chi connectivity index (χ0n) is 32.8. The van der Waals surface area contributed by atoms with Crippen molar-refractivity contribution in [3.8, 4) is 0 Å². The van der Waals surface area contributed by atoms with Crippen LogP contribution >= 0.6 is 16.0 Å². The van der Waals surface area contributed by atoms with Gasteiger partial charge in [0.1, 0.15) is 67.6 Å². The van der Waals surface area contributed by atoms with Gasteiger partial charge in [-0.2, -0.15) is 24.2 Å². The SMILES string of the molecule is [N-]=[N+]=Nc1ccc(COC(=O)CCCC[C@H](N)C(=O)O[C@H]2[C@@H](O)[C@H](n3cnc4c(N)ncnc43)O[C@@H]2COP(=O)(O)O[C@H]2C[C@H](n3ccc(N)nc3=O)O[C@@H]2CO[P+](O)(O)O)cc1. The van der Waals surface area contributed by atoms with Gasteiger partial charge in [-0.25, -0.2) is 24.3 Å². The van der Waals surface area contributed by atoms with E-state index in [1.54, 1.807) is 24.3 Å². The second kappa shape index (κ2) is 20.5. The minimum atomic E-state index is -5.19. The molecule has 0 radical (unpaired) electrons. The second-order valence-electron chi connectivity index (χ2n) is 14.0. The lowest BCUT2D eigenvalue weighted by Gasteiger charge is -2.24. The van der Waals surface area contributed by atoms with Crippen LogP contribution in [0.2, 0.25) is 0 Å². The maximum absolute atomic E-state index is 13.4. The maximum Gasteiger partial charge on any atom is 0.567 e. The van der Waals surface area contributed by atoms with E-state index < -0.39 is 95.9 Å². The number of unbranched alkanes of at least 4 members (excludes halogenated alkanes) is 1. The van der Waals surface area contributed by atoms with E-state index in [-0.39, 0.29) is 55.1 Å². The lowest BCUT2D eigenvalue weighted by Crippen LogP contribution is -2.43. The Hall–Kier alpha value is -5.28. The molecule has 0 saturated carbocycles. The molecule has 3 aromatic heterocycles. The van der Waals surface area contributed by atoms with E-state index in [0.29, 0.717) is 17.7 Å². The highest BCUT2D eigenvalue weighted by molar-refractivity contribution is 7.53. The first-order valence-electron chi connectivity index (χ1n) is 18.8. The summed E-state index contributed by atoms with van der Waals surface area (Å²) in [4.78, 5) is 95.6. The van der Waals surface area contributed by atoms with Crippen LogP contribution in [-0.2, 0) is 53.3 Å². The second-order valence-corrected chi connectivity index (χ2v) is 16.7. The highest BCUT2D eigenvalue weighted by atomic mass is 31.2. The van der Waals surface area contributed by atoms with Crippen LogP contribution in [0.4, 0.5) is 17.3 Å². The molecule has 0 amide bonds. The van der Waals surface area contributed by atoms with Crippen molar-refractivity contribution >= 4 is 56.4 Å². The fourth-order valence-electron chi connectivity index (χ4n) is 6.52. The number of nitrogens with zero attached hydrogens (tertiary/aromatic N) is 9. The number of hydrogen-bond donors (Lipinski definition) is 8. The van der Waals surface area contributed by atoms with Gasteiger partial charge in [0.15, 0.2) is 23.8 Å². The number of anilines is 2. The first kappa shape index (κ1) is 47.2. The lowest BCUT2D eigenvalue weighted by molar-refractivity contribution is -0.158. The number of hydrogen-bond acceptors (Lipinski definition) is 23. The van der Waals surface area contributed by atoms with Gasteiger partial charge in [-0.1, -0.05) is 35.8 Å². The lowest BCUT2D eigenvalue weighted by atomic mass is 10.1. The molecular formula is C33H43N12O16P2+. The molecule has 5 heterocycles. The Kier molecular flexibility index (Phi) is 15.3. The predicted octanol–water partition coefficient (Wildman–Crippen LogP) is 0.451. The molecule has 0 aliphatic carbocycles. The molecule has 9 atom stereocenters. The van der Waals surface area contributed by atoms with Gasteiger partial charge in [0, 0.05) is 29.6 Å². The van der Waals surface area contributed by atoms with Crippen molar-refractivity contribution in [3.05, 3.63) is 75.7 Å². The number of nitrogen functional groups attached to an aromatic ring is 2. The van der Waals surface area contributed by atoms with Crippen LogP contribution in [0.5, 0.6) is 0 Å². The standard InChI is InChI=1S/C33H42N12O16P2/c34-19(3-1-2-4-25(46)55-12-17-5-7-18(8-6-17)42-43-37)32(48)60-28-22(59-31(27(28)47)45-16-40-26-29(36)38-15-39-30(26)45)14-57-63(53,54)61-20-11-24(44-10-9-23(35)41-33(44)49)58-21(20)13-56-62(50,51)52/h5-10,15-16,19-22,24,27-28,31,47,50-52H,1-4,11-14,34H2,(H4-,35,36,38,39,41,49,53,54)/p+1/t19-,20-,21+,22+,24+,27+,28+,31+/m0/s1. The number of aliphatic hydroxyl groups excluding tert-OH is 1. The minimum Gasteiger partial charge on any atom is -0.461 e. The average molecular weight is 926 g/mol. The number of benzene rings is 1. The summed E-state index contributed by atoms with van der Waals surface area (Å²) in [6, 6.07) is 6.47. The number of aliphatic hydroxyl groups is 1. The number of azide groups is 1. The number of carbonyl (C=O) groups excluding carboxylic acids is 2. The van der Waals surface area contributed by atoms with E-state index in [0.717, 1.165) is 10.9 Å². The number of nitrogens with two attached hydrogens (primary N) is 3. The molecule has 0 bridgehead atoms. The number of fused-ring (bicyclic) bond motifs is 1. The van der Waals surface area contributed by atoms with E-state index in [4.69, 9.17) is 50.7 Å². The number of carbonyl (C=O) groups is 2. The first-order valence-corrected chi connectivity index (χ1v) is 21.9. The third-order valence-electron chi connectivity index (χ3n) is 9.59. The number of phosphoric ester groups is 1. The van der Waals surface area contributed by atoms with Gasteiger partial charge in [-0.15, -0.1) is 0 Å². The largest absolute Gasteiger partial charge is 0.567 e. The minimum absolute atomic E-state index is 0.00814. The highest BCUT2D eigenvalue weighted by Crippen LogP contribution is 2.51. The van der Waals surface area contributed by atoms with Gasteiger partial charge in [-0.05, 0) is 30.0 Å². The zero-order valence-corrected chi connectivity index (χ0v) is 34.6. The zero-order chi connectivity index (χ0) is 45.5. The molecule has 1 unspecified atom stereocenters. The molecule has 11 N–H and O–H groups in total. The summed E-state index contributed by atoms with van der Waals surface area (Å²) in [5.74, 6) is -1.59. The van der Waals surface area contributed by atoms with E-state index >= 15 is 0 Å². The monoisotopic (exact) mass is 925 g/mol. The number of phosphoric acid groups is 1. The molecule has 2 saturated heterocycles. The number of ether oxygens (including phenoxy) is 4. The average Bonchev–Trinajstić information content (AvgIpc) is 3.92. The molecule has 63 heavy (non-hydrogen) atoms. The molecule has 6 rings (SSSR count).